The molecule has 140 valence electrons. The summed E-state index contributed by atoms with van der Waals surface area (Å²) in [5.41, 5.74) is -0.223. The van der Waals surface area contributed by atoms with Crippen LogP contribution >= 0.6 is 0 Å². The molecule has 0 saturated carbocycles. The van der Waals surface area contributed by atoms with Crippen LogP contribution in [0.25, 0.3) is 0 Å². The number of aliphatic imine (C=N–C) groups is 1. The van der Waals surface area contributed by atoms with Gasteiger partial charge in [-0.1, -0.05) is 13.8 Å². The monoisotopic (exact) mass is 339 g/mol. The third kappa shape index (κ3) is 8.52. The second kappa shape index (κ2) is 9.87. The van der Waals surface area contributed by atoms with E-state index in [1.807, 2.05) is 27.7 Å². The Kier molecular flexibility index (Phi) is 8.53. The number of guanidine groups is 1. The number of likely N-dealkylation sites (tertiary alicyclic amines) is 1. The Hall–Kier alpha value is -1.30. The van der Waals surface area contributed by atoms with Gasteiger partial charge < -0.3 is 16.0 Å². The third-order valence-corrected chi connectivity index (χ3v) is 3.84. The summed E-state index contributed by atoms with van der Waals surface area (Å²) in [7, 11) is 0. The van der Waals surface area contributed by atoms with Crippen molar-refractivity contribution in [2.45, 2.75) is 66.0 Å². The van der Waals surface area contributed by atoms with Gasteiger partial charge in [0.2, 0.25) is 5.91 Å². The van der Waals surface area contributed by atoms with E-state index < -0.39 is 0 Å². The fourth-order valence-electron chi connectivity index (χ4n) is 3.00. The molecule has 1 saturated heterocycles. The Bertz CT molecular complexity index is 414. The summed E-state index contributed by atoms with van der Waals surface area (Å²) in [6.45, 7) is 16.6. The van der Waals surface area contributed by atoms with E-state index in [4.69, 9.17) is 0 Å². The first-order valence-corrected chi connectivity index (χ1v) is 9.28. The highest BCUT2D eigenvalue weighted by Crippen LogP contribution is 2.17. The second-order valence-corrected chi connectivity index (χ2v) is 8.06. The third-order valence-electron chi connectivity index (χ3n) is 3.84. The molecule has 0 aromatic rings. The molecule has 0 aromatic carbocycles. The predicted octanol–water partition coefficient (Wildman–Crippen LogP) is 1.58. The van der Waals surface area contributed by atoms with Crippen molar-refractivity contribution in [2.75, 3.05) is 32.7 Å². The highest BCUT2D eigenvalue weighted by atomic mass is 16.2. The molecular weight excluding hydrogens is 302 g/mol. The molecule has 1 heterocycles. The number of rotatable bonds is 7. The maximum absolute atomic E-state index is 11.9. The van der Waals surface area contributed by atoms with Gasteiger partial charge in [-0.15, -0.1) is 0 Å². The van der Waals surface area contributed by atoms with Crippen LogP contribution in [0.2, 0.25) is 0 Å². The number of carbonyl (C=O) groups excluding carboxylic acids is 1. The maximum atomic E-state index is 11.9. The van der Waals surface area contributed by atoms with Gasteiger partial charge in [-0.25, -0.2) is 4.99 Å². The van der Waals surface area contributed by atoms with Crippen LogP contribution < -0.4 is 16.0 Å². The molecule has 1 aliphatic rings. The minimum Gasteiger partial charge on any atom is -0.357 e. The number of amides is 1. The van der Waals surface area contributed by atoms with Crippen molar-refractivity contribution in [1.82, 2.24) is 20.9 Å². The average molecular weight is 340 g/mol. The van der Waals surface area contributed by atoms with Crippen LogP contribution in [0.3, 0.4) is 0 Å². The molecule has 1 atom stereocenters. The molecule has 0 aromatic heterocycles. The van der Waals surface area contributed by atoms with Crippen molar-refractivity contribution >= 4 is 11.9 Å². The van der Waals surface area contributed by atoms with Crippen molar-refractivity contribution in [3.63, 3.8) is 0 Å². The summed E-state index contributed by atoms with van der Waals surface area (Å²) >= 11 is 0. The van der Waals surface area contributed by atoms with Crippen LogP contribution in [-0.4, -0.2) is 61.1 Å². The van der Waals surface area contributed by atoms with Crippen LogP contribution in [0.4, 0.5) is 0 Å². The van der Waals surface area contributed by atoms with Gasteiger partial charge in [0.15, 0.2) is 5.96 Å². The van der Waals surface area contributed by atoms with E-state index in [1.54, 1.807) is 0 Å². The highest BCUT2D eigenvalue weighted by molar-refractivity contribution is 5.85. The molecule has 1 fully saturated rings. The summed E-state index contributed by atoms with van der Waals surface area (Å²) < 4.78 is 0. The van der Waals surface area contributed by atoms with Gasteiger partial charge in [0.1, 0.15) is 6.54 Å². The number of hydrogen-bond acceptors (Lipinski definition) is 3. The van der Waals surface area contributed by atoms with Gasteiger partial charge in [-0.05, 0) is 53.0 Å². The minimum atomic E-state index is -0.223. The van der Waals surface area contributed by atoms with Gasteiger partial charge in [-0.3, -0.25) is 9.69 Å². The SMILES string of the molecule is CCNC(=NCC(=O)NC(C)(C)C)NC[C@H]1CCCN1CC(C)C. The van der Waals surface area contributed by atoms with Crippen LogP contribution in [0.5, 0.6) is 0 Å². The van der Waals surface area contributed by atoms with Gasteiger partial charge in [0.05, 0.1) is 0 Å². The van der Waals surface area contributed by atoms with E-state index in [1.165, 1.54) is 19.4 Å². The molecule has 6 heteroatoms. The summed E-state index contributed by atoms with van der Waals surface area (Å²) in [4.78, 5) is 18.9. The van der Waals surface area contributed by atoms with Crippen molar-refractivity contribution in [3.8, 4) is 0 Å². The zero-order valence-electron chi connectivity index (χ0n) is 16.4. The van der Waals surface area contributed by atoms with Crippen molar-refractivity contribution in [1.29, 1.82) is 0 Å². The van der Waals surface area contributed by atoms with Crippen molar-refractivity contribution in [2.24, 2.45) is 10.9 Å². The van der Waals surface area contributed by atoms with Crippen molar-refractivity contribution in [3.05, 3.63) is 0 Å². The van der Waals surface area contributed by atoms with Gasteiger partial charge in [0.25, 0.3) is 0 Å². The molecule has 1 aliphatic heterocycles. The Morgan fingerprint density at radius 1 is 1.29 bits per heavy atom. The number of hydrogen-bond donors (Lipinski definition) is 3. The normalized spacial score (nSPS) is 19.6. The largest absolute Gasteiger partial charge is 0.357 e. The number of carbonyl (C=O) groups is 1. The second-order valence-electron chi connectivity index (χ2n) is 8.06. The summed E-state index contributed by atoms with van der Waals surface area (Å²) in [5, 5.41) is 9.55. The first-order chi connectivity index (χ1) is 11.2. The average Bonchev–Trinajstić information content (AvgIpc) is 2.86. The first-order valence-electron chi connectivity index (χ1n) is 9.28. The number of nitrogens with zero attached hydrogens (tertiary/aromatic N) is 2. The lowest BCUT2D eigenvalue weighted by molar-refractivity contribution is -0.121. The maximum Gasteiger partial charge on any atom is 0.242 e. The van der Waals surface area contributed by atoms with Gasteiger partial charge >= 0.3 is 0 Å². The van der Waals surface area contributed by atoms with Crippen molar-refractivity contribution < 1.29 is 4.79 Å². The van der Waals surface area contributed by atoms with Gasteiger partial charge in [-0.2, -0.15) is 0 Å². The molecule has 0 unspecified atom stereocenters. The zero-order chi connectivity index (χ0) is 18.2. The quantitative estimate of drug-likeness (QED) is 0.486. The molecule has 0 radical (unpaired) electrons. The van der Waals surface area contributed by atoms with Gasteiger partial charge in [0, 0.05) is 31.2 Å². The summed E-state index contributed by atoms with van der Waals surface area (Å²) in [6, 6.07) is 0.555. The summed E-state index contributed by atoms with van der Waals surface area (Å²) in [6.07, 6.45) is 2.49. The lowest BCUT2D eigenvalue weighted by atomic mass is 10.1. The van der Waals surface area contributed by atoms with E-state index in [0.29, 0.717) is 12.0 Å². The number of nitrogens with one attached hydrogen (secondary N) is 3. The Morgan fingerprint density at radius 2 is 2.00 bits per heavy atom. The molecule has 3 N–H and O–H groups in total. The van der Waals surface area contributed by atoms with E-state index in [0.717, 1.165) is 25.6 Å². The molecule has 0 aliphatic carbocycles. The molecule has 0 spiro atoms. The molecule has 0 bridgehead atoms. The first kappa shape index (κ1) is 20.7. The Balaban J connectivity index is 2.50. The van der Waals surface area contributed by atoms with E-state index in [-0.39, 0.29) is 18.0 Å². The molecule has 24 heavy (non-hydrogen) atoms. The Labute approximate surface area is 147 Å². The predicted molar refractivity (Wildman–Crippen MR) is 101 cm³/mol. The Morgan fingerprint density at radius 3 is 2.58 bits per heavy atom. The molecule has 1 amide bonds. The fraction of sp³-hybridized carbons (Fsp3) is 0.889. The van der Waals surface area contributed by atoms with E-state index >= 15 is 0 Å². The van der Waals surface area contributed by atoms with E-state index in [2.05, 4.69) is 39.7 Å². The van der Waals surface area contributed by atoms with Crippen LogP contribution in [0.15, 0.2) is 4.99 Å². The summed E-state index contributed by atoms with van der Waals surface area (Å²) in [5.74, 6) is 1.36. The minimum absolute atomic E-state index is 0.0537. The standard InChI is InChI=1S/C18H37N5O/c1-7-19-17(21-12-16(24)22-18(4,5)6)20-11-15-9-8-10-23(15)13-14(2)3/h14-15H,7-13H2,1-6H3,(H,22,24)(H2,19,20,21)/t15-/m1/s1. The van der Waals surface area contributed by atoms with Crippen LogP contribution in [0, 0.1) is 5.92 Å². The zero-order valence-corrected chi connectivity index (χ0v) is 16.4. The smallest absolute Gasteiger partial charge is 0.242 e. The lowest BCUT2D eigenvalue weighted by Crippen LogP contribution is -2.46. The molecule has 6 nitrogen and oxygen atoms in total. The molecule has 1 rings (SSSR count). The fourth-order valence-corrected chi connectivity index (χ4v) is 3.00. The molecular formula is C18H37N5O. The van der Waals surface area contributed by atoms with E-state index in [9.17, 15) is 4.79 Å². The highest BCUT2D eigenvalue weighted by Gasteiger charge is 2.24. The topological polar surface area (TPSA) is 68.8 Å². The van der Waals surface area contributed by atoms with Crippen LogP contribution in [0.1, 0.15) is 54.4 Å². The lowest BCUT2D eigenvalue weighted by Gasteiger charge is -2.27. The van der Waals surface area contributed by atoms with Crippen LogP contribution in [-0.2, 0) is 4.79 Å².